The van der Waals surface area contributed by atoms with Crippen LogP contribution in [0.5, 0.6) is 5.75 Å². The van der Waals surface area contributed by atoms with Gasteiger partial charge in [-0.15, -0.1) is 0 Å². The van der Waals surface area contributed by atoms with E-state index < -0.39 is 17.2 Å². The number of aliphatic carboxylic acids is 1. The average molecular weight is 277 g/mol. The Bertz CT molecular complexity index is 354. The molecule has 1 N–H and O–H groups in total. The van der Waals surface area contributed by atoms with E-state index in [-0.39, 0.29) is 0 Å². The zero-order chi connectivity index (χ0) is 11.4. The fourth-order valence-corrected chi connectivity index (χ4v) is 1.36. The largest absolute Gasteiger partial charge is 0.480 e. The van der Waals surface area contributed by atoms with Crippen molar-refractivity contribution >= 4 is 21.9 Å². The number of halogens is 2. The lowest BCUT2D eigenvalue weighted by Gasteiger charge is -2.09. The molecule has 0 amide bonds. The fraction of sp³-hybridized carbons (Fsp3) is 0.300. The highest BCUT2D eigenvalue weighted by atomic mass is 79.9. The first-order chi connectivity index (χ1) is 7.00. The zero-order valence-corrected chi connectivity index (χ0v) is 9.57. The third-order valence-electron chi connectivity index (χ3n) is 1.67. The van der Waals surface area contributed by atoms with Gasteiger partial charge >= 0.3 is 5.97 Å². The molecule has 15 heavy (non-hydrogen) atoms. The van der Waals surface area contributed by atoms with Crippen molar-refractivity contribution in [3.05, 3.63) is 29.8 Å². The summed E-state index contributed by atoms with van der Waals surface area (Å²) in [6, 6.07) is 6.30. The van der Waals surface area contributed by atoms with Gasteiger partial charge in [-0.3, -0.25) is 4.79 Å². The predicted octanol–water partition coefficient (Wildman–Crippen LogP) is 2.90. The molecule has 0 saturated carbocycles. The predicted molar refractivity (Wildman–Crippen MR) is 56.9 cm³/mol. The summed E-state index contributed by atoms with van der Waals surface area (Å²) in [6.07, 6.45) is -1.42. The summed E-state index contributed by atoms with van der Waals surface area (Å²) in [7, 11) is 0. The SMILES string of the molecule is CC(F)Oc1cccc(C(Br)C(=O)O)c1. The first kappa shape index (κ1) is 12.0. The van der Waals surface area contributed by atoms with Gasteiger partial charge in [0.15, 0.2) is 0 Å². The van der Waals surface area contributed by atoms with E-state index in [0.717, 1.165) is 0 Å². The summed E-state index contributed by atoms with van der Waals surface area (Å²) >= 11 is 3.00. The maximum atomic E-state index is 12.5. The summed E-state index contributed by atoms with van der Waals surface area (Å²) in [6.45, 7) is 1.26. The number of hydrogen-bond donors (Lipinski definition) is 1. The number of carboxylic acid groups (broad SMARTS) is 1. The minimum absolute atomic E-state index is 0.313. The molecule has 0 heterocycles. The molecule has 0 aromatic heterocycles. The molecule has 3 nitrogen and oxygen atoms in total. The van der Waals surface area contributed by atoms with Crippen LogP contribution in [0.15, 0.2) is 24.3 Å². The van der Waals surface area contributed by atoms with E-state index in [1.165, 1.54) is 13.0 Å². The van der Waals surface area contributed by atoms with Gasteiger partial charge in [-0.2, -0.15) is 0 Å². The molecule has 0 spiro atoms. The molecule has 0 saturated heterocycles. The normalized spacial score (nSPS) is 14.3. The highest BCUT2D eigenvalue weighted by Crippen LogP contribution is 2.26. The standard InChI is InChI=1S/C10H10BrFO3/c1-6(12)15-8-4-2-3-7(5-8)9(11)10(13)14/h2-6,9H,1H3,(H,13,14). The van der Waals surface area contributed by atoms with Gasteiger partial charge in [-0.1, -0.05) is 28.1 Å². The number of alkyl halides is 2. The van der Waals surface area contributed by atoms with Crippen LogP contribution in [0.1, 0.15) is 17.3 Å². The minimum Gasteiger partial charge on any atom is -0.480 e. The Morgan fingerprint density at radius 1 is 1.60 bits per heavy atom. The van der Waals surface area contributed by atoms with Gasteiger partial charge in [0.2, 0.25) is 6.36 Å². The molecule has 0 aliphatic carbocycles. The Labute approximate surface area is 95.0 Å². The molecule has 0 aliphatic rings. The van der Waals surface area contributed by atoms with E-state index in [1.54, 1.807) is 18.2 Å². The van der Waals surface area contributed by atoms with Gasteiger partial charge in [0.05, 0.1) is 0 Å². The van der Waals surface area contributed by atoms with Crippen LogP contribution in [-0.2, 0) is 4.79 Å². The number of ether oxygens (including phenoxy) is 1. The van der Waals surface area contributed by atoms with Crippen LogP contribution >= 0.6 is 15.9 Å². The summed E-state index contributed by atoms with van der Waals surface area (Å²) < 4.78 is 17.3. The van der Waals surface area contributed by atoms with Crippen LogP contribution in [0.2, 0.25) is 0 Å². The summed E-state index contributed by atoms with van der Waals surface area (Å²) in [5, 5.41) is 8.75. The Morgan fingerprint density at radius 3 is 2.80 bits per heavy atom. The summed E-state index contributed by atoms with van der Waals surface area (Å²) in [4.78, 5) is 9.86. The monoisotopic (exact) mass is 276 g/mol. The van der Waals surface area contributed by atoms with Crippen molar-refractivity contribution in [2.45, 2.75) is 18.1 Å². The minimum atomic E-state index is -1.42. The van der Waals surface area contributed by atoms with Gasteiger partial charge in [-0.05, 0) is 17.7 Å². The Kier molecular flexibility index (Phi) is 4.08. The van der Waals surface area contributed by atoms with Gasteiger partial charge in [0.1, 0.15) is 10.6 Å². The van der Waals surface area contributed by atoms with Crippen molar-refractivity contribution in [3.8, 4) is 5.75 Å². The van der Waals surface area contributed by atoms with E-state index in [9.17, 15) is 9.18 Å². The number of carboxylic acids is 1. The van der Waals surface area contributed by atoms with E-state index in [1.807, 2.05) is 0 Å². The van der Waals surface area contributed by atoms with Crippen LogP contribution in [0.25, 0.3) is 0 Å². The third kappa shape index (κ3) is 3.51. The fourth-order valence-electron chi connectivity index (χ4n) is 1.08. The Morgan fingerprint density at radius 2 is 2.27 bits per heavy atom. The number of benzene rings is 1. The van der Waals surface area contributed by atoms with Gasteiger partial charge in [0.25, 0.3) is 0 Å². The van der Waals surface area contributed by atoms with Gasteiger partial charge in [0, 0.05) is 6.92 Å². The lowest BCUT2D eigenvalue weighted by Crippen LogP contribution is -2.06. The van der Waals surface area contributed by atoms with Crippen molar-refractivity contribution in [3.63, 3.8) is 0 Å². The molecule has 2 atom stereocenters. The second-order valence-corrected chi connectivity index (χ2v) is 3.85. The highest BCUT2D eigenvalue weighted by Gasteiger charge is 2.16. The lowest BCUT2D eigenvalue weighted by molar-refractivity contribution is -0.136. The molecule has 0 bridgehead atoms. The van der Waals surface area contributed by atoms with E-state index in [4.69, 9.17) is 9.84 Å². The van der Waals surface area contributed by atoms with Gasteiger partial charge in [-0.25, -0.2) is 4.39 Å². The molecule has 1 aromatic carbocycles. The molecular formula is C10H10BrFO3. The van der Waals surface area contributed by atoms with E-state index >= 15 is 0 Å². The molecule has 0 fully saturated rings. The quantitative estimate of drug-likeness (QED) is 0.861. The van der Waals surface area contributed by atoms with Crippen LogP contribution in [0, 0.1) is 0 Å². The number of carbonyl (C=O) groups is 1. The summed E-state index contributed by atoms with van der Waals surface area (Å²) in [5.74, 6) is -0.686. The maximum absolute atomic E-state index is 12.5. The van der Waals surface area contributed by atoms with Crippen LogP contribution < -0.4 is 4.74 Å². The zero-order valence-electron chi connectivity index (χ0n) is 7.98. The van der Waals surface area contributed by atoms with Crippen molar-refractivity contribution < 1.29 is 19.0 Å². The lowest BCUT2D eigenvalue weighted by atomic mass is 10.1. The van der Waals surface area contributed by atoms with Crippen LogP contribution in [0.3, 0.4) is 0 Å². The molecule has 1 rings (SSSR count). The molecule has 0 radical (unpaired) electrons. The maximum Gasteiger partial charge on any atom is 0.321 e. The van der Waals surface area contributed by atoms with E-state index in [0.29, 0.717) is 11.3 Å². The highest BCUT2D eigenvalue weighted by molar-refractivity contribution is 9.09. The second kappa shape index (κ2) is 5.11. The third-order valence-corrected chi connectivity index (χ3v) is 2.59. The Hall–Kier alpha value is -1.10. The van der Waals surface area contributed by atoms with Crippen LogP contribution in [0.4, 0.5) is 4.39 Å². The first-order valence-corrected chi connectivity index (χ1v) is 5.20. The first-order valence-electron chi connectivity index (χ1n) is 4.28. The smallest absolute Gasteiger partial charge is 0.321 e. The van der Waals surface area contributed by atoms with E-state index in [2.05, 4.69) is 15.9 Å². The molecular weight excluding hydrogens is 267 g/mol. The Balaban J connectivity index is 2.87. The van der Waals surface area contributed by atoms with Gasteiger partial charge < -0.3 is 9.84 Å². The average Bonchev–Trinajstić information content (AvgIpc) is 2.16. The van der Waals surface area contributed by atoms with Crippen molar-refractivity contribution in [1.29, 1.82) is 0 Å². The number of rotatable bonds is 4. The van der Waals surface area contributed by atoms with Crippen LogP contribution in [-0.4, -0.2) is 17.4 Å². The number of hydrogen-bond acceptors (Lipinski definition) is 2. The summed E-state index contributed by atoms with van der Waals surface area (Å²) in [5.41, 5.74) is 0.514. The molecule has 5 heteroatoms. The van der Waals surface area contributed by atoms with Crippen molar-refractivity contribution in [2.24, 2.45) is 0 Å². The topological polar surface area (TPSA) is 46.5 Å². The van der Waals surface area contributed by atoms with Crippen molar-refractivity contribution in [1.82, 2.24) is 0 Å². The molecule has 2 unspecified atom stereocenters. The molecule has 0 aliphatic heterocycles. The second-order valence-electron chi connectivity index (χ2n) is 2.93. The van der Waals surface area contributed by atoms with Crippen molar-refractivity contribution in [2.75, 3.05) is 0 Å². The molecule has 82 valence electrons. The molecule has 1 aromatic rings.